The number of esters is 1. The lowest BCUT2D eigenvalue weighted by molar-refractivity contribution is -0.131. The topological polar surface area (TPSA) is 60.4 Å². The van der Waals surface area contributed by atoms with Gasteiger partial charge in [-0.25, -0.2) is 0 Å². The molecule has 0 saturated carbocycles. The number of benzene rings is 1. The zero-order valence-electron chi connectivity index (χ0n) is 8.68. The number of ether oxygens (including phenoxy) is 1. The molecule has 0 saturated heterocycles. The predicted molar refractivity (Wildman–Crippen MR) is 61.6 cm³/mol. The molecule has 92 valence electrons. The molecule has 17 heavy (non-hydrogen) atoms. The van der Waals surface area contributed by atoms with Crippen LogP contribution in [0.25, 0.3) is 5.03 Å². The van der Waals surface area contributed by atoms with E-state index in [9.17, 15) is 17.1 Å². The normalized spacial score (nSPS) is 12.3. The average molecular weight is 279 g/mol. The third-order valence-corrected chi connectivity index (χ3v) is 2.61. The van der Waals surface area contributed by atoms with Crippen molar-refractivity contribution in [2.75, 3.05) is 0 Å². The molecule has 4 nitrogen and oxygen atoms in total. The zero-order valence-corrected chi connectivity index (χ0v) is 10.3. The summed E-state index contributed by atoms with van der Waals surface area (Å²) in [6, 6.07) is 5.64. The first kappa shape index (κ1) is 13.7. The summed E-state index contributed by atoms with van der Waals surface area (Å²) in [4.78, 5) is 10.6. The molecule has 0 unspecified atom stereocenters. The molecule has 0 aliphatic carbocycles. The largest absolute Gasteiger partial charge is 0.427 e. The van der Waals surface area contributed by atoms with Crippen molar-refractivity contribution in [2.24, 2.45) is 0 Å². The van der Waals surface area contributed by atoms with Crippen LogP contribution >= 0.6 is 11.6 Å². The van der Waals surface area contributed by atoms with Crippen LogP contribution in [0.2, 0.25) is 0 Å². The van der Waals surface area contributed by atoms with E-state index >= 15 is 0 Å². The Balaban J connectivity index is 2.95. The molecule has 0 spiro atoms. The predicted octanol–water partition coefficient (Wildman–Crippen LogP) is 2.45. The minimum absolute atomic E-state index is 0.262. The molecular weight excluding hydrogens is 271 g/mol. The van der Waals surface area contributed by atoms with E-state index in [-0.39, 0.29) is 10.8 Å². The molecule has 0 N–H and O–H groups in total. The molecule has 1 aromatic carbocycles. The van der Waals surface area contributed by atoms with Gasteiger partial charge in [-0.15, -0.1) is 3.89 Å². The second kappa shape index (κ2) is 5.29. The van der Waals surface area contributed by atoms with Crippen LogP contribution in [0.5, 0.6) is 5.75 Å². The van der Waals surface area contributed by atoms with E-state index in [0.717, 1.165) is 0 Å². The molecule has 0 atom stereocenters. The highest BCUT2D eigenvalue weighted by molar-refractivity contribution is 7.89. The number of hydrogen-bond donors (Lipinski definition) is 0. The SMILES string of the molecule is CC(=O)Oc1ccc(/C(Cl)=C\S(=O)(=O)F)cc1. The molecule has 0 radical (unpaired) electrons. The fraction of sp³-hybridized carbons (Fsp3) is 0.100. The van der Waals surface area contributed by atoms with E-state index in [2.05, 4.69) is 0 Å². The maximum absolute atomic E-state index is 12.3. The summed E-state index contributed by atoms with van der Waals surface area (Å²) in [7, 11) is -4.78. The Hall–Kier alpha value is -1.40. The van der Waals surface area contributed by atoms with Gasteiger partial charge in [0.15, 0.2) is 0 Å². The standard InChI is InChI=1S/C10H8ClFO4S/c1-7(13)16-9-4-2-8(3-5-9)10(11)6-17(12,14)15/h2-6H,1H3/b10-6+. The van der Waals surface area contributed by atoms with E-state index in [0.29, 0.717) is 11.0 Å². The number of hydrogen-bond acceptors (Lipinski definition) is 4. The van der Waals surface area contributed by atoms with Gasteiger partial charge < -0.3 is 4.74 Å². The quantitative estimate of drug-likeness (QED) is 0.484. The van der Waals surface area contributed by atoms with Crippen molar-refractivity contribution in [1.29, 1.82) is 0 Å². The molecule has 0 aliphatic heterocycles. The molecule has 0 aliphatic rings. The second-order valence-corrected chi connectivity index (χ2v) is 4.65. The maximum atomic E-state index is 12.3. The van der Waals surface area contributed by atoms with Crippen LogP contribution in [0.4, 0.5) is 3.89 Å². The molecule has 1 rings (SSSR count). The van der Waals surface area contributed by atoms with Gasteiger partial charge in [-0.2, -0.15) is 8.42 Å². The molecule has 0 bridgehead atoms. The van der Waals surface area contributed by atoms with Gasteiger partial charge in [0.25, 0.3) is 0 Å². The van der Waals surface area contributed by atoms with Crippen LogP contribution in [0.3, 0.4) is 0 Å². The third-order valence-electron chi connectivity index (χ3n) is 1.64. The minimum atomic E-state index is -4.78. The molecule has 0 fully saturated rings. The van der Waals surface area contributed by atoms with Crippen molar-refractivity contribution in [3.63, 3.8) is 0 Å². The Morgan fingerprint density at radius 2 is 1.88 bits per heavy atom. The van der Waals surface area contributed by atoms with Gasteiger partial charge in [0.05, 0.1) is 10.4 Å². The Kier molecular flexibility index (Phi) is 4.25. The summed E-state index contributed by atoms with van der Waals surface area (Å²) in [6.07, 6.45) is 0. The first-order valence-corrected chi connectivity index (χ1v) is 6.21. The van der Waals surface area contributed by atoms with Crippen molar-refractivity contribution < 1.29 is 21.8 Å². The van der Waals surface area contributed by atoms with Crippen LogP contribution in [0.1, 0.15) is 12.5 Å². The highest BCUT2D eigenvalue weighted by Gasteiger charge is 2.07. The van der Waals surface area contributed by atoms with Gasteiger partial charge >= 0.3 is 16.2 Å². The van der Waals surface area contributed by atoms with E-state index < -0.39 is 16.2 Å². The summed E-state index contributed by atoms with van der Waals surface area (Å²) in [5, 5.41) is 0.0388. The Labute approximate surface area is 103 Å². The molecule has 1 aromatic rings. The fourth-order valence-electron chi connectivity index (χ4n) is 1.04. The molecule has 0 amide bonds. The van der Waals surface area contributed by atoms with Gasteiger partial charge in [-0.1, -0.05) is 11.6 Å². The van der Waals surface area contributed by atoms with Crippen molar-refractivity contribution in [1.82, 2.24) is 0 Å². The summed E-state index contributed by atoms with van der Waals surface area (Å²) >= 11 is 5.58. The average Bonchev–Trinajstić information content (AvgIpc) is 2.15. The Morgan fingerprint density at radius 3 is 2.29 bits per heavy atom. The Bertz CT molecular complexity index is 548. The third kappa shape index (κ3) is 4.97. The van der Waals surface area contributed by atoms with Gasteiger partial charge in [-0.3, -0.25) is 4.79 Å². The van der Waals surface area contributed by atoms with Gasteiger partial charge in [0.1, 0.15) is 5.75 Å². The molecule has 0 aromatic heterocycles. The van der Waals surface area contributed by atoms with Gasteiger partial charge in [-0.05, 0) is 29.8 Å². The summed E-state index contributed by atoms with van der Waals surface area (Å²) in [5.41, 5.74) is 0.295. The van der Waals surface area contributed by atoms with E-state index in [1.165, 1.54) is 31.2 Å². The Morgan fingerprint density at radius 1 is 1.35 bits per heavy atom. The fourth-order valence-corrected chi connectivity index (χ4v) is 1.87. The zero-order chi connectivity index (χ0) is 13.1. The van der Waals surface area contributed by atoms with Crippen LogP contribution in [0, 0.1) is 0 Å². The summed E-state index contributed by atoms with van der Waals surface area (Å²) in [6.45, 7) is 1.25. The summed E-state index contributed by atoms with van der Waals surface area (Å²) < 4.78 is 37.7. The lowest BCUT2D eigenvalue weighted by Crippen LogP contribution is -2.00. The number of carbonyl (C=O) groups is 1. The van der Waals surface area contributed by atoms with Gasteiger partial charge in [0.2, 0.25) is 0 Å². The van der Waals surface area contributed by atoms with Crippen molar-refractivity contribution in [3.8, 4) is 5.75 Å². The van der Waals surface area contributed by atoms with Crippen LogP contribution in [-0.2, 0) is 15.0 Å². The maximum Gasteiger partial charge on any atom is 0.326 e. The highest BCUT2D eigenvalue weighted by atomic mass is 35.5. The number of rotatable bonds is 3. The smallest absolute Gasteiger partial charge is 0.326 e. The molecule has 7 heteroatoms. The van der Waals surface area contributed by atoms with E-state index in [1.54, 1.807) is 0 Å². The van der Waals surface area contributed by atoms with Gasteiger partial charge in [0, 0.05) is 6.92 Å². The molecule has 0 heterocycles. The molecular formula is C10H8ClFO4S. The lowest BCUT2D eigenvalue weighted by Gasteiger charge is -2.02. The summed E-state index contributed by atoms with van der Waals surface area (Å²) in [5.74, 6) is -0.195. The van der Waals surface area contributed by atoms with E-state index in [1.807, 2.05) is 0 Å². The van der Waals surface area contributed by atoms with Crippen molar-refractivity contribution in [2.45, 2.75) is 6.92 Å². The monoisotopic (exact) mass is 278 g/mol. The van der Waals surface area contributed by atoms with Crippen LogP contribution < -0.4 is 4.74 Å². The first-order chi connectivity index (χ1) is 7.78. The van der Waals surface area contributed by atoms with Crippen molar-refractivity contribution in [3.05, 3.63) is 35.2 Å². The van der Waals surface area contributed by atoms with Crippen molar-refractivity contribution >= 4 is 32.8 Å². The first-order valence-electron chi connectivity index (χ1n) is 4.38. The van der Waals surface area contributed by atoms with Crippen LogP contribution in [0.15, 0.2) is 29.7 Å². The van der Waals surface area contributed by atoms with E-state index in [4.69, 9.17) is 16.3 Å². The lowest BCUT2D eigenvalue weighted by atomic mass is 10.2. The highest BCUT2D eigenvalue weighted by Crippen LogP contribution is 2.23. The number of halogens is 2. The minimum Gasteiger partial charge on any atom is -0.427 e. The number of carbonyl (C=O) groups excluding carboxylic acids is 1. The van der Waals surface area contributed by atoms with Crippen LogP contribution in [-0.4, -0.2) is 14.4 Å². The second-order valence-electron chi connectivity index (χ2n) is 3.06.